The molecule has 2 N–H and O–H groups in total. The number of aromatic amines is 1. The fourth-order valence-electron chi connectivity index (χ4n) is 2.24. The molecule has 2 heterocycles. The number of H-pyrrole nitrogens is 1. The molecule has 0 radical (unpaired) electrons. The minimum Gasteiger partial charge on any atom is -0.361 e. The number of aromatic nitrogens is 1. The number of hydrogen-bond acceptors (Lipinski definition) is 2. The number of halogens is 1. The molecule has 0 atom stereocenters. The van der Waals surface area contributed by atoms with Crippen LogP contribution in [-0.4, -0.2) is 16.6 Å². The van der Waals surface area contributed by atoms with E-state index in [9.17, 15) is 4.79 Å². The van der Waals surface area contributed by atoms with Crippen LogP contribution in [0.3, 0.4) is 0 Å². The Hall–Kier alpha value is -2.14. The number of nitrogens with one attached hydrogen (secondary N) is 2. The number of hydrazone groups is 1. The van der Waals surface area contributed by atoms with E-state index in [1.807, 2.05) is 36.5 Å². The molecule has 0 spiro atoms. The third-order valence-corrected chi connectivity index (χ3v) is 3.77. The van der Waals surface area contributed by atoms with E-state index in [0.29, 0.717) is 5.57 Å². The molecule has 0 fully saturated rings. The molecule has 1 aromatic heterocycles. The quantitative estimate of drug-likeness (QED) is 0.822. The van der Waals surface area contributed by atoms with Gasteiger partial charge in [0, 0.05) is 16.4 Å². The number of nitrogens with zero attached hydrogens (tertiary/aromatic N) is 1. The van der Waals surface area contributed by atoms with Crippen LogP contribution in [0.4, 0.5) is 0 Å². The van der Waals surface area contributed by atoms with Crippen molar-refractivity contribution in [3.05, 3.63) is 63.9 Å². The topological polar surface area (TPSA) is 57.2 Å². The number of carbonyl (C=O) groups excluding carboxylic acids is 1. The first-order chi connectivity index (χ1) is 10.2. The van der Waals surface area contributed by atoms with E-state index in [0.717, 1.165) is 28.7 Å². The smallest absolute Gasteiger partial charge is 0.273 e. The summed E-state index contributed by atoms with van der Waals surface area (Å²) in [6.07, 6.45) is 5.26. The van der Waals surface area contributed by atoms with Gasteiger partial charge in [0.2, 0.25) is 0 Å². The second-order valence-electron chi connectivity index (χ2n) is 4.82. The lowest BCUT2D eigenvalue weighted by atomic mass is 10.0. The molecule has 21 heavy (non-hydrogen) atoms. The third kappa shape index (κ3) is 3.31. The van der Waals surface area contributed by atoms with Gasteiger partial charge in [-0.1, -0.05) is 30.3 Å². The molecule has 0 bridgehead atoms. The Morgan fingerprint density at radius 2 is 2.00 bits per heavy atom. The van der Waals surface area contributed by atoms with Gasteiger partial charge in [-0.15, -0.1) is 0 Å². The van der Waals surface area contributed by atoms with Crippen molar-refractivity contribution < 1.29 is 4.79 Å². The first-order valence-electron chi connectivity index (χ1n) is 6.69. The molecule has 1 aliphatic heterocycles. The normalized spacial score (nSPS) is 16.1. The lowest BCUT2D eigenvalue weighted by Crippen LogP contribution is -2.13. The molecule has 3 rings (SSSR count). The zero-order valence-corrected chi connectivity index (χ0v) is 12.9. The standard InChI is InChI=1S/C16H14BrN3O/c17-12-8-13(18-10-12)9-14-15(19-20-16(14)21)7-6-11-4-2-1-3-5-11/h1-5,8-10,18H,6-7H2,(H,20,21)/b14-9+. The van der Waals surface area contributed by atoms with E-state index in [1.54, 1.807) is 0 Å². The Bertz CT molecular complexity index is 716. The molecule has 1 amide bonds. The van der Waals surface area contributed by atoms with Crippen molar-refractivity contribution in [3.63, 3.8) is 0 Å². The molecular formula is C16H14BrN3O. The van der Waals surface area contributed by atoms with E-state index in [4.69, 9.17) is 0 Å². The van der Waals surface area contributed by atoms with Crippen molar-refractivity contribution in [3.8, 4) is 0 Å². The lowest BCUT2D eigenvalue weighted by molar-refractivity contribution is -0.116. The number of carbonyl (C=O) groups is 1. The van der Waals surface area contributed by atoms with Gasteiger partial charge in [-0.2, -0.15) is 5.10 Å². The molecule has 0 saturated heterocycles. The van der Waals surface area contributed by atoms with Crippen molar-refractivity contribution in [1.82, 2.24) is 10.4 Å². The van der Waals surface area contributed by atoms with Crippen LogP contribution >= 0.6 is 15.9 Å². The first kappa shape index (κ1) is 13.8. The average molecular weight is 344 g/mol. The lowest BCUT2D eigenvalue weighted by Gasteiger charge is -2.02. The second-order valence-corrected chi connectivity index (χ2v) is 5.73. The van der Waals surface area contributed by atoms with Crippen LogP contribution in [0.15, 0.2) is 57.7 Å². The highest BCUT2D eigenvalue weighted by Crippen LogP contribution is 2.18. The zero-order valence-electron chi connectivity index (χ0n) is 11.3. The van der Waals surface area contributed by atoms with Crippen LogP contribution in [0.5, 0.6) is 0 Å². The van der Waals surface area contributed by atoms with Gasteiger partial charge in [-0.05, 0) is 46.5 Å². The highest BCUT2D eigenvalue weighted by molar-refractivity contribution is 9.10. The fraction of sp³-hybridized carbons (Fsp3) is 0.125. The molecular weight excluding hydrogens is 330 g/mol. The fourth-order valence-corrected chi connectivity index (χ4v) is 2.60. The van der Waals surface area contributed by atoms with Crippen LogP contribution in [0.25, 0.3) is 6.08 Å². The summed E-state index contributed by atoms with van der Waals surface area (Å²) in [6.45, 7) is 0. The molecule has 1 aliphatic rings. The second kappa shape index (κ2) is 6.10. The zero-order chi connectivity index (χ0) is 14.7. The van der Waals surface area contributed by atoms with E-state index in [-0.39, 0.29) is 5.91 Å². The number of hydrogen-bond donors (Lipinski definition) is 2. The van der Waals surface area contributed by atoms with Crippen LogP contribution in [0.1, 0.15) is 17.7 Å². The highest BCUT2D eigenvalue weighted by Gasteiger charge is 2.22. The Morgan fingerprint density at radius 3 is 2.71 bits per heavy atom. The molecule has 106 valence electrons. The summed E-state index contributed by atoms with van der Waals surface area (Å²) in [5.74, 6) is -0.149. The van der Waals surface area contributed by atoms with Gasteiger partial charge in [0.1, 0.15) is 0 Å². The highest BCUT2D eigenvalue weighted by atomic mass is 79.9. The predicted molar refractivity (Wildman–Crippen MR) is 86.8 cm³/mol. The van der Waals surface area contributed by atoms with Gasteiger partial charge in [0.15, 0.2) is 0 Å². The summed E-state index contributed by atoms with van der Waals surface area (Å²) in [7, 11) is 0. The largest absolute Gasteiger partial charge is 0.361 e. The Kier molecular flexibility index (Phi) is 4.01. The maximum Gasteiger partial charge on any atom is 0.273 e. The van der Waals surface area contributed by atoms with Gasteiger partial charge in [0.25, 0.3) is 5.91 Å². The molecule has 2 aromatic rings. The minimum atomic E-state index is -0.149. The average Bonchev–Trinajstić information content (AvgIpc) is 3.06. The van der Waals surface area contributed by atoms with Crippen molar-refractivity contribution in [2.45, 2.75) is 12.8 Å². The summed E-state index contributed by atoms with van der Waals surface area (Å²) >= 11 is 3.38. The van der Waals surface area contributed by atoms with Crippen molar-refractivity contribution >= 4 is 33.6 Å². The van der Waals surface area contributed by atoms with Crippen molar-refractivity contribution in [1.29, 1.82) is 0 Å². The Balaban J connectivity index is 1.75. The number of rotatable bonds is 4. The molecule has 4 nitrogen and oxygen atoms in total. The Labute approximate surface area is 131 Å². The van der Waals surface area contributed by atoms with Gasteiger partial charge < -0.3 is 4.98 Å². The van der Waals surface area contributed by atoms with Crippen LogP contribution in [0, 0.1) is 0 Å². The van der Waals surface area contributed by atoms with Crippen LogP contribution < -0.4 is 5.43 Å². The third-order valence-electron chi connectivity index (χ3n) is 3.31. The SMILES string of the molecule is O=C1NN=C(CCc2ccccc2)/C1=C\c1cc(Br)c[nH]1. The number of aryl methyl sites for hydroxylation is 1. The summed E-state index contributed by atoms with van der Waals surface area (Å²) in [5.41, 5.74) is 6.08. The van der Waals surface area contributed by atoms with Gasteiger partial charge in [-0.3, -0.25) is 4.79 Å². The van der Waals surface area contributed by atoms with E-state index in [1.165, 1.54) is 5.56 Å². The van der Waals surface area contributed by atoms with Gasteiger partial charge in [0.05, 0.1) is 11.3 Å². The number of amides is 1. The summed E-state index contributed by atoms with van der Waals surface area (Å²) in [4.78, 5) is 15.0. The summed E-state index contributed by atoms with van der Waals surface area (Å²) in [6, 6.07) is 12.1. The number of benzene rings is 1. The molecule has 0 unspecified atom stereocenters. The minimum absolute atomic E-state index is 0.149. The molecule has 1 aromatic carbocycles. The van der Waals surface area contributed by atoms with Crippen LogP contribution in [-0.2, 0) is 11.2 Å². The molecule has 5 heteroatoms. The summed E-state index contributed by atoms with van der Waals surface area (Å²) < 4.78 is 0.954. The van der Waals surface area contributed by atoms with E-state index in [2.05, 4.69) is 43.6 Å². The predicted octanol–water partition coefficient (Wildman–Crippen LogP) is 3.28. The van der Waals surface area contributed by atoms with Gasteiger partial charge >= 0.3 is 0 Å². The van der Waals surface area contributed by atoms with E-state index >= 15 is 0 Å². The van der Waals surface area contributed by atoms with E-state index < -0.39 is 0 Å². The van der Waals surface area contributed by atoms with Crippen LogP contribution in [0.2, 0.25) is 0 Å². The maximum atomic E-state index is 11.9. The van der Waals surface area contributed by atoms with Crippen molar-refractivity contribution in [2.24, 2.45) is 5.10 Å². The molecule has 0 aliphatic carbocycles. The van der Waals surface area contributed by atoms with Gasteiger partial charge in [-0.25, -0.2) is 5.43 Å². The Morgan fingerprint density at radius 1 is 1.19 bits per heavy atom. The summed E-state index contributed by atoms with van der Waals surface area (Å²) in [5, 5.41) is 4.14. The first-order valence-corrected chi connectivity index (χ1v) is 7.48. The maximum absolute atomic E-state index is 11.9. The molecule has 0 saturated carbocycles. The van der Waals surface area contributed by atoms with Crippen molar-refractivity contribution in [2.75, 3.05) is 0 Å². The monoisotopic (exact) mass is 343 g/mol.